The molecule has 2 rings (SSSR count). The van der Waals surface area contributed by atoms with Gasteiger partial charge in [-0.25, -0.2) is 9.18 Å². The summed E-state index contributed by atoms with van der Waals surface area (Å²) in [5.41, 5.74) is 2.82. The van der Waals surface area contributed by atoms with Gasteiger partial charge in [-0.3, -0.25) is 4.79 Å². The van der Waals surface area contributed by atoms with Crippen molar-refractivity contribution in [2.24, 2.45) is 0 Å². The number of carbonyl (C=O) groups is 2. The highest BCUT2D eigenvalue weighted by molar-refractivity contribution is 5.90. The van der Waals surface area contributed by atoms with Crippen LogP contribution in [0.5, 0.6) is 0 Å². The van der Waals surface area contributed by atoms with Crippen molar-refractivity contribution in [1.29, 1.82) is 0 Å². The van der Waals surface area contributed by atoms with Gasteiger partial charge in [0.2, 0.25) is 5.91 Å². The molecule has 5 nitrogen and oxygen atoms in total. The number of nitrogens with one attached hydrogen (secondary N) is 1. The molecule has 2 aromatic rings. The van der Waals surface area contributed by atoms with Crippen molar-refractivity contribution in [3.05, 3.63) is 65.0 Å². The van der Waals surface area contributed by atoms with Crippen molar-refractivity contribution < 1.29 is 18.7 Å². The minimum Gasteiger partial charge on any atom is -0.460 e. The first kappa shape index (κ1) is 20.4. The van der Waals surface area contributed by atoms with Crippen LogP contribution in [0, 0.1) is 12.7 Å². The molecule has 1 amide bonds. The predicted octanol–water partition coefficient (Wildman–Crippen LogP) is 3.11. The second-order valence-electron chi connectivity index (χ2n) is 6.53. The van der Waals surface area contributed by atoms with E-state index in [-0.39, 0.29) is 24.6 Å². The Morgan fingerprint density at radius 1 is 1.11 bits per heavy atom. The van der Waals surface area contributed by atoms with Gasteiger partial charge in [0.1, 0.15) is 12.4 Å². The van der Waals surface area contributed by atoms with Crippen LogP contribution in [0.4, 0.5) is 10.1 Å². The molecule has 27 heavy (non-hydrogen) atoms. The van der Waals surface area contributed by atoms with E-state index in [1.165, 1.54) is 17.7 Å². The molecule has 0 unspecified atom stereocenters. The van der Waals surface area contributed by atoms with E-state index in [4.69, 9.17) is 4.74 Å². The Bertz CT molecular complexity index is 789. The number of amides is 1. The van der Waals surface area contributed by atoms with Crippen LogP contribution in [0.2, 0.25) is 0 Å². The number of nitrogens with zero attached hydrogens (tertiary/aromatic N) is 1. The van der Waals surface area contributed by atoms with Crippen LogP contribution < -0.4 is 10.2 Å². The third kappa shape index (κ3) is 6.40. The monoisotopic (exact) mass is 372 g/mol. The standard InChI is InChI=1S/C21H25FN2O3/c1-15-4-6-16(7-5-15)8-11-20(25)23-12-13-27-21(26)17-9-10-19(24(2)3)18(22)14-17/h4-7,9-10,14H,8,11-13H2,1-3H3,(H,23,25). The van der Waals surface area contributed by atoms with Gasteiger partial charge in [-0.2, -0.15) is 0 Å². The summed E-state index contributed by atoms with van der Waals surface area (Å²) in [5, 5.41) is 2.71. The molecular weight excluding hydrogens is 347 g/mol. The largest absolute Gasteiger partial charge is 0.460 e. The number of rotatable bonds is 8. The lowest BCUT2D eigenvalue weighted by molar-refractivity contribution is -0.121. The summed E-state index contributed by atoms with van der Waals surface area (Å²) in [6, 6.07) is 12.2. The summed E-state index contributed by atoms with van der Waals surface area (Å²) in [6.45, 7) is 2.27. The van der Waals surface area contributed by atoms with E-state index in [2.05, 4.69) is 5.32 Å². The number of ether oxygens (including phenoxy) is 1. The molecular formula is C21H25FN2O3. The number of carbonyl (C=O) groups excluding carboxylic acids is 2. The molecule has 0 aliphatic carbocycles. The summed E-state index contributed by atoms with van der Waals surface area (Å²) < 4.78 is 19.0. The summed E-state index contributed by atoms with van der Waals surface area (Å²) in [5.74, 6) is -1.21. The molecule has 0 saturated heterocycles. The lowest BCUT2D eigenvalue weighted by atomic mass is 10.1. The first-order valence-electron chi connectivity index (χ1n) is 8.83. The van der Waals surface area contributed by atoms with Crippen LogP contribution in [0.1, 0.15) is 27.9 Å². The molecule has 0 fully saturated rings. The van der Waals surface area contributed by atoms with Crippen LogP contribution in [-0.2, 0) is 16.0 Å². The minimum atomic E-state index is -0.617. The molecule has 0 aromatic heterocycles. The van der Waals surface area contributed by atoms with E-state index in [0.717, 1.165) is 11.6 Å². The van der Waals surface area contributed by atoms with E-state index >= 15 is 0 Å². The van der Waals surface area contributed by atoms with Crippen LogP contribution in [0.3, 0.4) is 0 Å². The SMILES string of the molecule is Cc1ccc(CCC(=O)NCCOC(=O)c2ccc(N(C)C)c(F)c2)cc1. The number of hydrogen-bond acceptors (Lipinski definition) is 4. The second kappa shape index (κ2) is 9.71. The quantitative estimate of drug-likeness (QED) is 0.571. The Morgan fingerprint density at radius 3 is 2.44 bits per heavy atom. The van der Waals surface area contributed by atoms with Crippen molar-refractivity contribution in [3.8, 4) is 0 Å². The second-order valence-corrected chi connectivity index (χ2v) is 6.53. The van der Waals surface area contributed by atoms with Gasteiger partial charge in [-0.05, 0) is 37.1 Å². The van der Waals surface area contributed by atoms with Crippen molar-refractivity contribution in [1.82, 2.24) is 5.32 Å². The molecule has 0 radical (unpaired) electrons. The van der Waals surface area contributed by atoms with Crippen molar-refractivity contribution in [2.45, 2.75) is 19.8 Å². The Labute approximate surface area is 159 Å². The number of benzene rings is 2. The van der Waals surface area contributed by atoms with Gasteiger partial charge in [0.15, 0.2) is 0 Å². The molecule has 6 heteroatoms. The van der Waals surface area contributed by atoms with Crippen LogP contribution in [-0.4, -0.2) is 39.1 Å². The summed E-state index contributed by atoms with van der Waals surface area (Å²) >= 11 is 0. The van der Waals surface area contributed by atoms with Crippen LogP contribution in [0.25, 0.3) is 0 Å². The minimum absolute atomic E-state index is 0.0339. The summed E-state index contributed by atoms with van der Waals surface area (Å²) in [6.07, 6.45) is 1.03. The molecule has 0 spiro atoms. The van der Waals surface area contributed by atoms with Crippen molar-refractivity contribution in [3.63, 3.8) is 0 Å². The van der Waals surface area contributed by atoms with E-state index in [9.17, 15) is 14.0 Å². The summed E-state index contributed by atoms with van der Waals surface area (Å²) in [7, 11) is 3.44. The molecule has 0 bridgehead atoms. The smallest absolute Gasteiger partial charge is 0.338 e. The molecule has 144 valence electrons. The average molecular weight is 372 g/mol. The number of esters is 1. The van der Waals surface area contributed by atoms with E-state index < -0.39 is 11.8 Å². The van der Waals surface area contributed by atoms with Crippen molar-refractivity contribution in [2.75, 3.05) is 32.1 Å². The van der Waals surface area contributed by atoms with Gasteiger partial charge in [0.25, 0.3) is 0 Å². The van der Waals surface area contributed by atoms with E-state index in [0.29, 0.717) is 18.5 Å². The lowest BCUT2D eigenvalue weighted by Gasteiger charge is -2.14. The van der Waals surface area contributed by atoms with E-state index in [1.54, 1.807) is 19.0 Å². The zero-order valence-electron chi connectivity index (χ0n) is 15.9. The van der Waals surface area contributed by atoms with Crippen LogP contribution in [0.15, 0.2) is 42.5 Å². The Morgan fingerprint density at radius 2 is 1.81 bits per heavy atom. The molecule has 0 atom stereocenters. The van der Waals surface area contributed by atoms with Gasteiger partial charge >= 0.3 is 5.97 Å². The maximum atomic E-state index is 13.9. The van der Waals surface area contributed by atoms with Crippen LogP contribution >= 0.6 is 0 Å². The fraction of sp³-hybridized carbons (Fsp3) is 0.333. The highest BCUT2D eigenvalue weighted by Crippen LogP contribution is 2.18. The van der Waals surface area contributed by atoms with E-state index in [1.807, 2.05) is 31.2 Å². The van der Waals surface area contributed by atoms with Gasteiger partial charge in [0.05, 0.1) is 17.8 Å². The number of aryl methyl sites for hydroxylation is 2. The highest BCUT2D eigenvalue weighted by atomic mass is 19.1. The predicted molar refractivity (Wildman–Crippen MR) is 104 cm³/mol. The third-order valence-electron chi connectivity index (χ3n) is 4.08. The van der Waals surface area contributed by atoms with Crippen molar-refractivity contribution >= 4 is 17.6 Å². The fourth-order valence-corrected chi connectivity index (χ4v) is 2.52. The fourth-order valence-electron chi connectivity index (χ4n) is 2.52. The molecule has 1 N–H and O–H groups in total. The van der Waals surface area contributed by atoms with Gasteiger partial charge in [-0.1, -0.05) is 29.8 Å². The maximum absolute atomic E-state index is 13.9. The first-order valence-corrected chi connectivity index (χ1v) is 8.83. The zero-order valence-corrected chi connectivity index (χ0v) is 15.9. The Hall–Kier alpha value is -2.89. The molecule has 2 aromatic carbocycles. The number of anilines is 1. The van der Waals surface area contributed by atoms with Gasteiger partial charge in [-0.15, -0.1) is 0 Å². The first-order chi connectivity index (χ1) is 12.9. The Balaban J connectivity index is 1.69. The summed E-state index contributed by atoms with van der Waals surface area (Å²) in [4.78, 5) is 25.4. The number of halogens is 1. The molecule has 0 saturated carbocycles. The average Bonchev–Trinajstić information content (AvgIpc) is 2.64. The Kier molecular flexibility index (Phi) is 7.34. The lowest BCUT2D eigenvalue weighted by Crippen LogP contribution is -2.28. The third-order valence-corrected chi connectivity index (χ3v) is 4.08. The number of hydrogen-bond donors (Lipinski definition) is 1. The molecule has 0 aliphatic heterocycles. The normalized spacial score (nSPS) is 10.4. The molecule has 0 heterocycles. The maximum Gasteiger partial charge on any atom is 0.338 e. The molecule has 0 aliphatic rings. The zero-order chi connectivity index (χ0) is 19.8. The highest BCUT2D eigenvalue weighted by Gasteiger charge is 2.12. The topological polar surface area (TPSA) is 58.6 Å². The van der Waals surface area contributed by atoms with Gasteiger partial charge < -0.3 is 15.0 Å². The van der Waals surface area contributed by atoms with Gasteiger partial charge in [0, 0.05) is 20.5 Å².